The lowest BCUT2D eigenvalue weighted by Gasteiger charge is -2.39. The third kappa shape index (κ3) is 2.77. The van der Waals surface area contributed by atoms with Crippen molar-refractivity contribution in [1.82, 2.24) is 4.81 Å². The second-order valence-corrected chi connectivity index (χ2v) is 6.63. The monoisotopic (exact) mass is 313 g/mol. The largest absolute Gasteiger partial charge is 0.490 e. The molecule has 3 heterocycles. The van der Waals surface area contributed by atoms with Crippen molar-refractivity contribution < 1.29 is 14.2 Å². The van der Waals surface area contributed by atoms with Crippen LogP contribution in [-0.2, 0) is 0 Å². The molecule has 1 aromatic heterocycles. The molecule has 2 aliphatic heterocycles. The molecular formula is C17H20BNO4. The molecule has 23 heavy (non-hydrogen) atoms. The van der Waals surface area contributed by atoms with Crippen molar-refractivity contribution in [2.75, 3.05) is 0 Å². The third-order valence-corrected chi connectivity index (χ3v) is 5.08. The minimum atomic E-state index is -0.386. The molecule has 3 atom stereocenters. The Morgan fingerprint density at radius 2 is 1.91 bits per heavy atom. The van der Waals surface area contributed by atoms with E-state index in [0.717, 1.165) is 36.8 Å². The van der Waals surface area contributed by atoms with Crippen LogP contribution >= 0.6 is 0 Å². The van der Waals surface area contributed by atoms with E-state index >= 15 is 0 Å². The second-order valence-electron chi connectivity index (χ2n) is 6.63. The summed E-state index contributed by atoms with van der Waals surface area (Å²) in [6, 6.07) is 9.60. The van der Waals surface area contributed by atoms with E-state index in [9.17, 15) is 9.82 Å². The molecule has 0 amide bonds. The summed E-state index contributed by atoms with van der Waals surface area (Å²) in [5.41, 5.74) is 0.206. The lowest BCUT2D eigenvalue weighted by Crippen LogP contribution is -2.52. The summed E-state index contributed by atoms with van der Waals surface area (Å²) in [5.74, 6) is 0.738. The summed E-state index contributed by atoms with van der Waals surface area (Å²) in [4.78, 5) is 13.6. The molecule has 2 fully saturated rings. The van der Waals surface area contributed by atoms with Crippen molar-refractivity contribution in [2.24, 2.45) is 0 Å². The van der Waals surface area contributed by atoms with E-state index < -0.39 is 0 Å². The first-order chi connectivity index (χ1) is 11.1. The Labute approximate surface area is 135 Å². The van der Waals surface area contributed by atoms with Crippen LogP contribution in [0.15, 0.2) is 39.5 Å². The molecule has 2 bridgehead atoms. The molecule has 1 N–H and O–H groups in total. The van der Waals surface area contributed by atoms with E-state index in [2.05, 4.69) is 4.81 Å². The van der Waals surface area contributed by atoms with Crippen LogP contribution < -0.4 is 10.4 Å². The average Bonchev–Trinajstić information content (AvgIpc) is 2.79. The molecule has 0 aliphatic carbocycles. The lowest BCUT2D eigenvalue weighted by atomic mass is 9.79. The molecule has 0 radical (unpaired) electrons. The minimum absolute atomic E-state index is 0.149. The summed E-state index contributed by atoms with van der Waals surface area (Å²) in [5, 5.41) is 10.8. The van der Waals surface area contributed by atoms with Crippen LogP contribution in [0.1, 0.15) is 25.7 Å². The molecule has 6 heteroatoms. The third-order valence-electron chi connectivity index (χ3n) is 5.08. The zero-order valence-electron chi connectivity index (χ0n) is 13.1. The van der Waals surface area contributed by atoms with E-state index in [1.807, 2.05) is 19.0 Å². The summed E-state index contributed by atoms with van der Waals surface area (Å²) in [7, 11) is -0.386. The van der Waals surface area contributed by atoms with E-state index in [-0.39, 0.29) is 18.8 Å². The summed E-state index contributed by atoms with van der Waals surface area (Å²) >= 11 is 0. The molecule has 120 valence electrons. The number of rotatable bonds is 3. The predicted molar refractivity (Wildman–Crippen MR) is 88.6 cm³/mol. The average molecular weight is 313 g/mol. The summed E-state index contributed by atoms with van der Waals surface area (Å²) in [6.07, 6.45) is 4.26. The Morgan fingerprint density at radius 1 is 1.22 bits per heavy atom. The van der Waals surface area contributed by atoms with Crippen molar-refractivity contribution >= 4 is 18.0 Å². The van der Waals surface area contributed by atoms with E-state index in [1.165, 1.54) is 6.07 Å². The number of hydrogen-bond donors (Lipinski definition) is 1. The first-order valence-corrected chi connectivity index (χ1v) is 8.26. The molecule has 4 rings (SSSR count). The van der Waals surface area contributed by atoms with Crippen molar-refractivity contribution in [3.05, 3.63) is 40.8 Å². The van der Waals surface area contributed by atoms with Gasteiger partial charge in [-0.1, -0.05) is 0 Å². The maximum absolute atomic E-state index is 11.3. The first kappa shape index (κ1) is 14.8. The van der Waals surface area contributed by atoms with Crippen LogP contribution in [0, 0.1) is 0 Å². The fourth-order valence-corrected chi connectivity index (χ4v) is 4.18. The van der Waals surface area contributed by atoms with Crippen LogP contribution in [0.3, 0.4) is 0 Å². The number of fused-ring (bicyclic) bond motifs is 3. The van der Waals surface area contributed by atoms with Crippen LogP contribution in [0.4, 0.5) is 0 Å². The molecule has 5 nitrogen and oxygen atoms in total. The van der Waals surface area contributed by atoms with Gasteiger partial charge in [0, 0.05) is 29.6 Å². The van der Waals surface area contributed by atoms with Gasteiger partial charge in [-0.25, -0.2) is 4.79 Å². The molecule has 2 aliphatic rings. The Bertz CT molecular complexity index is 761. The zero-order valence-corrected chi connectivity index (χ0v) is 13.1. The van der Waals surface area contributed by atoms with E-state index in [1.54, 1.807) is 12.1 Å². The Hall–Kier alpha value is -1.79. The van der Waals surface area contributed by atoms with Gasteiger partial charge < -0.3 is 19.0 Å². The lowest BCUT2D eigenvalue weighted by molar-refractivity contribution is 0.0864. The molecular weight excluding hydrogens is 293 g/mol. The highest BCUT2D eigenvalue weighted by molar-refractivity contribution is 6.45. The van der Waals surface area contributed by atoms with Crippen LogP contribution in [0.25, 0.3) is 11.0 Å². The van der Waals surface area contributed by atoms with Crippen molar-refractivity contribution in [3.8, 4) is 5.75 Å². The second kappa shape index (κ2) is 5.69. The topological polar surface area (TPSA) is 62.9 Å². The van der Waals surface area contributed by atoms with Gasteiger partial charge in [-0.3, -0.25) is 0 Å². The molecule has 1 aromatic carbocycles. The molecule has 0 saturated carbocycles. The minimum Gasteiger partial charge on any atom is -0.490 e. The maximum Gasteiger partial charge on any atom is 0.376 e. The Kier molecular flexibility index (Phi) is 3.66. The number of piperidine rings is 1. The van der Waals surface area contributed by atoms with Crippen LogP contribution in [-0.4, -0.2) is 35.1 Å². The SMILES string of the molecule is CB(O)N1[C@@H]2CC[C@H]1CC(Oc1ccc3ccc(=O)oc3c1)C2. The Balaban J connectivity index is 1.52. The smallest absolute Gasteiger partial charge is 0.376 e. The highest BCUT2D eigenvalue weighted by Crippen LogP contribution is 2.37. The quantitative estimate of drug-likeness (QED) is 0.696. The van der Waals surface area contributed by atoms with Crippen LogP contribution in [0.5, 0.6) is 5.75 Å². The molecule has 1 unspecified atom stereocenters. The van der Waals surface area contributed by atoms with Gasteiger partial charge in [0.1, 0.15) is 17.4 Å². The van der Waals surface area contributed by atoms with Crippen molar-refractivity contribution in [2.45, 2.75) is 50.7 Å². The predicted octanol–water partition coefficient (Wildman–Crippen LogP) is 2.28. The van der Waals surface area contributed by atoms with Crippen LogP contribution in [0.2, 0.25) is 6.82 Å². The van der Waals surface area contributed by atoms with Gasteiger partial charge in [0.15, 0.2) is 0 Å². The highest BCUT2D eigenvalue weighted by Gasteiger charge is 2.44. The fraction of sp³-hybridized carbons (Fsp3) is 0.471. The highest BCUT2D eigenvalue weighted by atomic mass is 16.5. The van der Waals surface area contributed by atoms with E-state index in [0.29, 0.717) is 17.7 Å². The van der Waals surface area contributed by atoms with Crippen molar-refractivity contribution in [3.63, 3.8) is 0 Å². The normalized spacial score (nSPS) is 27.3. The van der Waals surface area contributed by atoms with Gasteiger partial charge in [0.05, 0.1) is 0 Å². The molecule has 2 aromatic rings. The maximum atomic E-state index is 11.3. The summed E-state index contributed by atoms with van der Waals surface area (Å²) < 4.78 is 11.4. The summed E-state index contributed by atoms with van der Waals surface area (Å²) in [6.45, 7) is 1.85. The molecule has 2 saturated heterocycles. The zero-order chi connectivity index (χ0) is 16.0. The fourth-order valence-electron chi connectivity index (χ4n) is 4.18. The van der Waals surface area contributed by atoms with Crippen molar-refractivity contribution in [1.29, 1.82) is 0 Å². The number of benzene rings is 1. The number of hydrogen-bond acceptors (Lipinski definition) is 5. The molecule has 0 spiro atoms. The number of ether oxygens (including phenoxy) is 1. The Morgan fingerprint density at radius 3 is 2.61 bits per heavy atom. The van der Waals surface area contributed by atoms with Gasteiger partial charge in [-0.15, -0.1) is 0 Å². The van der Waals surface area contributed by atoms with Gasteiger partial charge in [0.25, 0.3) is 0 Å². The van der Waals surface area contributed by atoms with Gasteiger partial charge in [-0.05, 0) is 50.7 Å². The van der Waals surface area contributed by atoms with E-state index in [4.69, 9.17) is 9.15 Å². The standard InChI is InChI=1S/C17H20BNO4/c1-18(21)19-12-4-5-13(19)9-15(8-12)22-14-6-2-11-3-7-17(20)23-16(11)10-14/h2-3,6-7,10,12-13,15,21H,4-5,8-9H2,1H3/t12-,13+,15?. The van der Waals surface area contributed by atoms with Gasteiger partial charge >= 0.3 is 12.7 Å². The van der Waals surface area contributed by atoms with Gasteiger partial charge in [-0.2, -0.15) is 0 Å². The number of nitrogens with zero attached hydrogens (tertiary/aromatic N) is 1. The first-order valence-electron chi connectivity index (χ1n) is 8.26. The van der Waals surface area contributed by atoms with Gasteiger partial charge in [0.2, 0.25) is 0 Å².